The molecule has 67 valence electrons. The van der Waals surface area contributed by atoms with Crippen LogP contribution in [0.5, 0.6) is 0 Å². The van der Waals surface area contributed by atoms with Crippen molar-refractivity contribution in [1.82, 2.24) is 0 Å². The molecule has 0 aromatic rings. The molecule has 0 unspecified atom stereocenters. The Labute approximate surface area is 71.1 Å². The lowest BCUT2D eigenvalue weighted by Gasteiger charge is -2.03. The molecule has 0 saturated carbocycles. The highest BCUT2D eigenvalue weighted by Gasteiger charge is 1.93. The van der Waals surface area contributed by atoms with Crippen molar-refractivity contribution >= 4 is 0 Å². The Balaban J connectivity index is 2.80. The first-order valence-corrected chi connectivity index (χ1v) is 4.66. The van der Waals surface area contributed by atoms with Gasteiger partial charge in [-0.15, -0.1) is 0 Å². The molecular formula is C10H21O. The zero-order valence-corrected chi connectivity index (χ0v) is 8.10. The lowest BCUT2D eigenvalue weighted by molar-refractivity contribution is 0.197. The summed E-state index contributed by atoms with van der Waals surface area (Å²) in [5.41, 5.74) is 0. The van der Waals surface area contributed by atoms with Gasteiger partial charge in [-0.25, -0.2) is 0 Å². The maximum Gasteiger partial charge on any atom is 0.0805 e. The van der Waals surface area contributed by atoms with E-state index in [1.165, 1.54) is 25.7 Å². The second-order valence-electron chi connectivity index (χ2n) is 3.35. The van der Waals surface area contributed by atoms with Crippen molar-refractivity contribution in [1.29, 1.82) is 0 Å². The van der Waals surface area contributed by atoms with E-state index in [-0.39, 0.29) is 0 Å². The Hall–Kier alpha value is -0.0400. The second-order valence-corrected chi connectivity index (χ2v) is 3.35. The van der Waals surface area contributed by atoms with Gasteiger partial charge in [-0.3, -0.25) is 0 Å². The molecule has 0 atom stereocenters. The molecule has 1 radical (unpaired) electrons. The zero-order chi connectivity index (χ0) is 8.53. The predicted molar refractivity (Wildman–Crippen MR) is 49.2 cm³/mol. The van der Waals surface area contributed by atoms with E-state index in [2.05, 4.69) is 13.8 Å². The molecule has 0 bridgehead atoms. The van der Waals surface area contributed by atoms with Crippen molar-refractivity contribution in [2.75, 3.05) is 6.61 Å². The number of hydrogen-bond donors (Lipinski definition) is 0. The average Bonchev–Trinajstić information content (AvgIpc) is 1.96. The fourth-order valence-electron chi connectivity index (χ4n) is 1.03. The summed E-state index contributed by atoms with van der Waals surface area (Å²) in [6.07, 6.45) is 5.23. The van der Waals surface area contributed by atoms with Gasteiger partial charge in [0.25, 0.3) is 0 Å². The van der Waals surface area contributed by atoms with Crippen LogP contribution in [-0.2, 0) is 4.74 Å². The molecule has 0 amide bonds. The van der Waals surface area contributed by atoms with Crippen molar-refractivity contribution in [3.05, 3.63) is 6.61 Å². The Kier molecular flexibility index (Phi) is 8.03. The SMILES string of the molecule is C[CH]OCCCCCC(C)C. The van der Waals surface area contributed by atoms with E-state index < -0.39 is 0 Å². The molecule has 0 fully saturated rings. The van der Waals surface area contributed by atoms with Crippen LogP contribution in [0.4, 0.5) is 0 Å². The normalized spacial score (nSPS) is 10.9. The lowest BCUT2D eigenvalue weighted by Crippen LogP contribution is -1.91. The summed E-state index contributed by atoms with van der Waals surface area (Å²) in [6, 6.07) is 0. The first-order valence-electron chi connectivity index (χ1n) is 4.66. The van der Waals surface area contributed by atoms with Gasteiger partial charge in [0.2, 0.25) is 0 Å². The van der Waals surface area contributed by atoms with Crippen LogP contribution in [0, 0.1) is 12.5 Å². The quantitative estimate of drug-likeness (QED) is 0.515. The fraction of sp³-hybridized carbons (Fsp3) is 0.900. The zero-order valence-electron chi connectivity index (χ0n) is 8.10. The third-order valence-corrected chi connectivity index (χ3v) is 1.71. The number of ether oxygens (including phenoxy) is 1. The summed E-state index contributed by atoms with van der Waals surface area (Å²) in [5.74, 6) is 0.855. The molecule has 0 saturated heterocycles. The molecule has 0 N–H and O–H groups in total. The predicted octanol–water partition coefficient (Wildman–Crippen LogP) is 3.40. The third kappa shape index (κ3) is 9.96. The molecule has 0 rings (SSSR count). The average molecular weight is 157 g/mol. The van der Waals surface area contributed by atoms with E-state index in [0.717, 1.165) is 12.5 Å². The van der Waals surface area contributed by atoms with E-state index in [4.69, 9.17) is 4.74 Å². The smallest absolute Gasteiger partial charge is 0.0805 e. The van der Waals surface area contributed by atoms with E-state index in [1.807, 2.05) is 6.92 Å². The van der Waals surface area contributed by atoms with Gasteiger partial charge in [-0.05, 0) is 19.3 Å². The first kappa shape index (κ1) is 11.0. The van der Waals surface area contributed by atoms with Crippen molar-refractivity contribution in [2.24, 2.45) is 5.92 Å². The molecule has 0 aliphatic carbocycles. The minimum atomic E-state index is 0.855. The Morgan fingerprint density at radius 3 is 2.45 bits per heavy atom. The number of hydrogen-bond acceptors (Lipinski definition) is 1. The Morgan fingerprint density at radius 2 is 1.91 bits per heavy atom. The summed E-state index contributed by atoms with van der Waals surface area (Å²) < 4.78 is 5.12. The first-order chi connectivity index (χ1) is 5.27. The molecular weight excluding hydrogens is 136 g/mol. The van der Waals surface area contributed by atoms with E-state index in [9.17, 15) is 0 Å². The molecule has 0 aromatic heterocycles. The summed E-state index contributed by atoms with van der Waals surface area (Å²) in [5, 5.41) is 0. The van der Waals surface area contributed by atoms with Gasteiger partial charge in [0, 0.05) is 6.61 Å². The van der Waals surface area contributed by atoms with Gasteiger partial charge < -0.3 is 4.74 Å². The van der Waals surface area contributed by atoms with Gasteiger partial charge in [0.05, 0.1) is 6.61 Å². The maximum atomic E-state index is 5.12. The van der Waals surface area contributed by atoms with E-state index >= 15 is 0 Å². The molecule has 0 aliphatic heterocycles. The van der Waals surface area contributed by atoms with Crippen LogP contribution < -0.4 is 0 Å². The van der Waals surface area contributed by atoms with Crippen LogP contribution in [0.25, 0.3) is 0 Å². The second kappa shape index (κ2) is 8.06. The Morgan fingerprint density at radius 1 is 1.18 bits per heavy atom. The van der Waals surface area contributed by atoms with Gasteiger partial charge in [-0.2, -0.15) is 0 Å². The summed E-state index contributed by atoms with van der Waals surface area (Å²) in [7, 11) is 0. The summed E-state index contributed by atoms with van der Waals surface area (Å²) in [6.45, 7) is 9.14. The van der Waals surface area contributed by atoms with E-state index in [1.54, 1.807) is 6.61 Å². The van der Waals surface area contributed by atoms with Crippen molar-refractivity contribution in [3.63, 3.8) is 0 Å². The molecule has 11 heavy (non-hydrogen) atoms. The largest absolute Gasteiger partial charge is 0.376 e. The van der Waals surface area contributed by atoms with Crippen molar-refractivity contribution in [2.45, 2.75) is 46.5 Å². The molecule has 0 spiro atoms. The van der Waals surface area contributed by atoms with Crippen LogP contribution >= 0.6 is 0 Å². The molecule has 0 heterocycles. The van der Waals surface area contributed by atoms with Crippen LogP contribution in [0.2, 0.25) is 0 Å². The minimum Gasteiger partial charge on any atom is -0.376 e. The van der Waals surface area contributed by atoms with Crippen molar-refractivity contribution < 1.29 is 4.74 Å². The van der Waals surface area contributed by atoms with Gasteiger partial charge >= 0.3 is 0 Å². The van der Waals surface area contributed by atoms with Gasteiger partial charge in [-0.1, -0.05) is 33.1 Å². The fourth-order valence-corrected chi connectivity index (χ4v) is 1.03. The highest BCUT2D eigenvalue weighted by molar-refractivity contribution is 4.47. The van der Waals surface area contributed by atoms with Crippen LogP contribution in [0.3, 0.4) is 0 Å². The topological polar surface area (TPSA) is 9.23 Å². The van der Waals surface area contributed by atoms with Gasteiger partial charge in [0.15, 0.2) is 0 Å². The highest BCUT2D eigenvalue weighted by Crippen LogP contribution is 2.07. The highest BCUT2D eigenvalue weighted by atomic mass is 16.5. The van der Waals surface area contributed by atoms with Crippen molar-refractivity contribution in [3.8, 4) is 0 Å². The molecule has 1 heteroatoms. The lowest BCUT2D eigenvalue weighted by atomic mass is 10.1. The minimum absolute atomic E-state index is 0.855. The standard InChI is InChI=1S/C10H21O/c1-4-11-9-7-5-6-8-10(2)3/h4,10H,5-9H2,1-3H3. The van der Waals surface area contributed by atoms with Crippen LogP contribution in [-0.4, -0.2) is 6.61 Å². The van der Waals surface area contributed by atoms with Crippen LogP contribution in [0.1, 0.15) is 46.5 Å². The van der Waals surface area contributed by atoms with Gasteiger partial charge in [0.1, 0.15) is 0 Å². The molecule has 1 nitrogen and oxygen atoms in total. The summed E-state index contributed by atoms with van der Waals surface area (Å²) in [4.78, 5) is 0. The third-order valence-electron chi connectivity index (χ3n) is 1.71. The maximum absolute atomic E-state index is 5.12. The Bertz CT molecular complexity index is 69.3. The molecule has 0 aliphatic rings. The monoisotopic (exact) mass is 157 g/mol. The molecule has 0 aromatic carbocycles. The van der Waals surface area contributed by atoms with Crippen LogP contribution in [0.15, 0.2) is 0 Å². The van der Waals surface area contributed by atoms with E-state index in [0.29, 0.717) is 0 Å². The number of unbranched alkanes of at least 4 members (excludes halogenated alkanes) is 2. The summed E-state index contributed by atoms with van der Waals surface area (Å²) >= 11 is 0. The number of rotatable bonds is 7.